The quantitative estimate of drug-likeness (QED) is 0.424. The van der Waals surface area contributed by atoms with Gasteiger partial charge in [0.1, 0.15) is 0 Å². The van der Waals surface area contributed by atoms with Crippen molar-refractivity contribution >= 4 is 12.0 Å². The summed E-state index contributed by atoms with van der Waals surface area (Å²) >= 11 is 0. The SMILES string of the molecule is CCn1cnc(-c2ccccc2)c1-c1ccc(/C=C/C(=O)NO)cc1. The lowest BCUT2D eigenvalue weighted by Crippen LogP contribution is -2.14. The van der Waals surface area contributed by atoms with Gasteiger partial charge in [-0.25, -0.2) is 10.5 Å². The minimum atomic E-state index is -0.556. The lowest BCUT2D eigenvalue weighted by atomic mass is 10.0. The van der Waals surface area contributed by atoms with E-state index in [1.807, 2.05) is 48.8 Å². The summed E-state index contributed by atoms with van der Waals surface area (Å²) in [5.74, 6) is -0.556. The normalized spacial score (nSPS) is 11.0. The summed E-state index contributed by atoms with van der Waals surface area (Å²) in [6, 6.07) is 18.0. The van der Waals surface area contributed by atoms with Gasteiger partial charge in [0.2, 0.25) is 0 Å². The summed E-state index contributed by atoms with van der Waals surface area (Å²) in [5, 5.41) is 8.52. The molecule has 0 saturated heterocycles. The minimum Gasteiger partial charge on any atom is -0.330 e. The van der Waals surface area contributed by atoms with Gasteiger partial charge < -0.3 is 4.57 Å². The number of benzene rings is 2. The molecule has 3 aromatic rings. The van der Waals surface area contributed by atoms with Crippen molar-refractivity contribution in [3.05, 3.63) is 72.6 Å². The molecule has 2 N–H and O–H groups in total. The number of aryl methyl sites for hydroxylation is 1. The van der Waals surface area contributed by atoms with Gasteiger partial charge in [-0.1, -0.05) is 54.6 Å². The van der Waals surface area contributed by atoms with Crippen molar-refractivity contribution in [2.45, 2.75) is 13.5 Å². The van der Waals surface area contributed by atoms with Crippen molar-refractivity contribution in [1.29, 1.82) is 0 Å². The zero-order valence-corrected chi connectivity index (χ0v) is 13.9. The highest BCUT2D eigenvalue weighted by atomic mass is 16.5. The van der Waals surface area contributed by atoms with Crippen LogP contribution >= 0.6 is 0 Å². The molecule has 0 saturated carbocycles. The van der Waals surface area contributed by atoms with E-state index in [0.29, 0.717) is 0 Å². The predicted octanol–water partition coefficient (Wildman–Crippen LogP) is 3.76. The van der Waals surface area contributed by atoms with Gasteiger partial charge in [0.05, 0.1) is 17.7 Å². The van der Waals surface area contributed by atoms with E-state index in [9.17, 15) is 4.79 Å². The average molecular weight is 333 g/mol. The van der Waals surface area contributed by atoms with Crippen LogP contribution in [0.1, 0.15) is 12.5 Å². The van der Waals surface area contributed by atoms with Crippen LogP contribution in [0.4, 0.5) is 0 Å². The molecule has 0 aliphatic carbocycles. The van der Waals surface area contributed by atoms with Crippen molar-refractivity contribution in [2.24, 2.45) is 0 Å². The molecule has 25 heavy (non-hydrogen) atoms. The average Bonchev–Trinajstić information content (AvgIpc) is 3.11. The number of carbonyl (C=O) groups excluding carboxylic acids is 1. The van der Waals surface area contributed by atoms with Gasteiger partial charge in [0.15, 0.2) is 0 Å². The molecule has 1 heterocycles. The highest BCUT2D eigenvalue weighted by Gasteiger charge is 2.13. The first kappa shape index (κ1) is 16.7. The van der Waals surface area contributed by atoms with Crippen LogP contribution in [0, 0.1) is 0 Å². The molecule has 0 radical (unpaired) electrons. The third-order valence-electron chi connectivity index (χ3n) is 3.95. The number of nitrogens with zero attached hydrogens (tertiary/aromatic N) is 2. The number of hydrogen-bond donors (Lipinski definition) is 2. The van der Waals surface area contributed by atoms with Crippen molar-refractivity contribution in [3.8, 4) is 22.5 Å². The Labute approximate surface area is 146 Å². The first-order valence-corrected chi connectivity index (χ1v) is 8.06. The zero-order valence-electron chi connectivity index (χ0n) is 13.9. The summed E-state index contributed by atoms with van der Waals surface area (Å²) in [4.78, 5) is 15.7. The molecule has 5 heteroatoms. The van der Waals surface area contributed by atoms with E-state index in [0.717, 1.165) is 34.6 Å². The molecule has 1 aromatic heterocycles. The maximum Gasteiger partial charge on any atom is 0.267 e. The molecular weight excluding hydrogens is 314 g/mol. The standard InChI is InChI=1S/C20H19N3O2/c1-2-23-14-21-19(16-6-4-3-5-7-16)20(23)17-11-8-15(9-12-17)10-13-18(24)22-25/h3-14,25H,2H2,1H3,(H,22,24)/b13-10+. The van der Waals surface area contributed by atoms with Crippen molar-refractivity contribution in [2.75, 3.05) is 0 Å². The Morgan fingerprint density at radius 2 is 1.84 bits per heavy atom. The van der Waals surface area contributed by atoms with E-state index in [1.54, 1.807) is 11.6 Å². The number of amides is 1. The van der Waals surface area contributed by atoms with Crippen molar-refractivity contribution in [1.82, 2.24) is 15.0 Å². The molecule has 1 amide bonds. The summed E-state index contributed by atoms with van der Waals surface area (Å²) in [5.41, 5.74) is 6.59. The summed E-state index contributed by atoms with van der Waals surface area (Å²) in [6.45, 7) is 2.91. The largest absolute Gasteiger partial charge is 0.330 e. The number of imidazole rings is 1. The first-order valence-electron chi connectivity index (χ1n) is 8.06. The number of nitrogens with one attached hydrogen (secondary N) is 1. The highest BCUT2D eigenvalue weighted by molar-refractivity contribution is 5.91. The maximum atomic E-state index is 11.1. The molecule has 0 aliphatic heterocycles. The molecule has 0 fully saturated rings. The van der Waals surface area contributed by atoms with Gasteiger partial charge in [-0.3, -0.25) is 10.0 Å². The zero-order chi connectivity index (χ0) is 17.6. The minimum absolute atomic E-state index is 0.556. The Kier molecular flexibility index (Phi) is 5.06. The van der Waals surface area contributed by atoms with Gasteiger partial charge in [0.25, 0.3) is 5.91 Å². The van der Waals surface area contributed by atoms with E-state index in [1.165, 1.54) is 6.08 Å². The molecule has 0 aliphatic rings. The van der Waals surface area contributed by atoms with Gasteiger partial charge >= 0.3 is 0 Å². The fourth-order valence-electron chi connectivity index (χ4n) is 2.69. The topological polar surface area (TPSA) is 67.2 Å². The fraction of sp³-hybridized carbons (Fsp3) is 0.100. The number of hydroxylamine groups is 1. The summed E-state index contributed by atoms with van der Waals surface area (Å²) < 4.78 is 2.12. The molecule has 0 spiro atoms. The van der Waals surface area contributed by atoms with Gasteiger partial charge in [-0.2, -0.15) is 0 Å². The molecular formula is C20H19N3O2. The Bertz CT molecular complexity index is 881. The van der Waals surface area contributed by atoms with E-state index in [2.05, 4.69) is 28.6 Å². The Morgan fingerprint density at radius 3 is 2.48 bits per heavy atom. The third kappa shape index (κ3) is 3.67. The van der Waals surface area contributed by atoms with E-state index in [-0.39, 0.29) is 0 Å². The van der Waals surface area contributed by atoms with Gasteiger partial charge in [0, 0.05) is 23.7 Å². The number of rotatable bonds is 5. The lowest BCUT2D eigenvalue weighted by Gasteiger charge is -2.09. The lowest BCUT2D eigenvalue weighted by molar-refractivity contribution is -0.124. The molecule has 0 bridgehead atoms. The first-order chi connectivity index (χ1) is 12.2. The van der Waals surface area contributed by atoms with Gasteiger partial charge in [-0.15, -0.1) is 0 Å². The predicted molar refractivity (Wildman–Crippen MR) is 97.7 cm³/mol. The second-order valence-electron chi connectivity index (χ2n) is 5.53. The molecule has 2 aromatic carbocycles. The highest BCUT2D eigenvalue weighted by Crippen LogP contribution is 2.31. The smallest absolute Gasteiger partial charge is 0.267 e. The van der Waals surface area contributed by atoms with Crippen LogP contribution in [0.5, 0.6) is 0 Å². The second-order valence-corrected chi connectivity index (χ2v) is 5.53. The van der Waals surface area contributed by atoms with E-state index < -0.39 is 5.91 Å². The fourth-order valence-corrected chi connectivity index (χ4v) is 2.69. The van der Waals surface area contributed by atoms with Crippen molar-refractivity contribution in [3.63, 3.8) is 0 Å². The summed E-state index contributed by atoms with van der Waals surface area (Å²) in [7, 11) is 0. The van der Waals surface area contributed by atoms with Crippen LogP contribution in [-0.4, -0.2) is 20.7 Å². The number of hydrogen-bond acceptors (Lipinski definition) is 3. The van der Waals surface area contributed by atoms with Crippen LogP contribution in [0.2, 0.25) is 0 Å². The monoisotopic (exact) mass is 333 g/mol. The van der Waals surface area contributed by atoms with Crippen LogP contribution in [0.25, 0.3) is 28.6 Å². The Balaban J connectivity index is 1.98. The van der Waals surface area contributed by atoms with Crippen LogP contribution < -0.4 is 5.48 Å². The van der Waals surface area contributed by atoms with E-state index >= 15 is 0 Å². The van der Waals surface area contributed by atoms with Gasteiger partial charge in [-0.05, 0) is 18.6 Å². The van der Waals surface area contributed by atoms with Crippen molar-refractivity contribution < 1.29 is 10.0 Å². The van der Waals surface area contributed by atoms with E-state index in [4.69, 9.17) is 5.21 Å². The van der Waals surface area contributed by atoms with Crippen LogP contribution in [0.3, 0.4) is 0 Å². The summed E-state index contributed by atoms with van der Waals surface area (Å²) in [6.07, 6.45) is 4.78. The number of carbonyl (C=O) groups is 1. The molecule has 0 atom stereocenters. The third-order valence-corrected chi connectivity index (χ3v) is 3.95. The second kappa shape index (κ2) is 7.59. The maximum absolute atomic E-state index is 11.1. The van der Waals surface area contributed by atoms with Crippen LogP contribution in [0.15, 0.2) is 67.0 Å². The Hall–Kier alpha value is -3.18. The van der Waals surface area contributed by atoms with Crippen LogP contribution in [-0.2, 0) is 11.3 Å². The number of aromatic nitrogens is 2. The molecule has 126 valence electrons. The molecule has 0 unspecified atom stereocenters. The molecule has 3 rings (SSSR count). The Morgan fingerprint density at radius 1 is 1.12 bits per heavy atom. The molecule has 5 nitrogen and oxygen atoms in total.